The smallest absolute Gasteiger partial charge is 0.319 e. The van der Waals surface area contributed by atoms with Crippen molar-refractivity contribution in [3.05, 3.63) is 59.8 Å². The first-order chi connectivity index (χ1) is 12.2. The predicted molar refractivity (Wildman–Crippen MR) is 96.5 cm³/mol. The summed E-state index contributed by atoms with van der Waals surface area (Å²) in [4.78, 5) is 12.4. The fourth-order valence-corrected chi connectivity index (χ4v) is 3.46. The summed E-state index contributed by atoms with van der Waals surface area (Å²) >= 11 is 0. The molecular weight excluding hydrogens is 316 g/mol. The summed E-state index contributed by atoms with van der Waals surface area (Å²) in [6.07, 6.45) is 1.77. The molecule has 1 aromatic heterocycles. The Morgan fingerprint density at radius 2 is 2.16 bits per heavy atom. The number of anilines is 1. The Bertz CT molecular complexity index is 934. The van der Waals surface area contributed by atoms with E-state index in [1.165, 1.54) is 0 Å². The van der Waals surface area contributed by atoms with Crippen molar-refractivity contribution in [3.8, 4) is 0 Å². The number of aliphatic hydroxyl groups excluding tert-OH is 1. The van der Waals surface area contributed by atoms with Crippen molar-refractivity contribution in [1.29, 1.82) is 0 Å². The molecule has 3 aromatic rings. The van der Waals surface area contributed by atoms with Crippen LogP contribution < -0.4 is 10.6 Å². The number of nitrogens with one attached hydrogen (secondary N) is 2. The molecule has 2 atom stereocenters. The second-order valence-electron chi connectivity index (χ2n) is 6.28. The third-order valence-corrected chi connectivity index (χ3v) is 4.69. The van der Waals surface area contributed by atoms with Gasteiger partial charge in [0.05, 0.1) is 23.9 Å². The van der Waals surface area contributed by atoms with E-state index in [0.29, 0.717) is 12.1 Å². The Morgan fingerprint density at radius 1 is 1.32 bits per heavy atom. The Morgan fingerprint density at radius 3 is 3.00 bits per heavy atom. The molecule has 4 rings (SSSR count). The van der Waals surface area contributed by atoms with Gasteiger partial charge in [0, 0.05) is 24.0 Å². The van der Waals surface area contributed by atoms with Crippen LogP contribution in [0.5, 0.6) is 0 Å². The number of amides is 2. The van der Waals surface area contributed by atoms with Gasteiger partial charge in [-0.2, -0.15) is 5.10 Å². The fraction of sp³-hybridized carbons (Fsp3) is 0.263. The third kappa shape index (κ3) is 2.85. The highest BCUT2D eigenvalue weighted by atomic mass is 16.3. The van der Waals surface area contributed by atoms with Crippen LogP contribution in [0.15, 0.2) is 48.7 Å². The molecule has 1 aliphatic carbocycles. The molecule has 3 N–H and O–H groups in total. The molecule has 0 aliphatic heterocycles. The number of aliphatic hydroxyl groups is 1. The second kappa shape index (κ2) is 6.22. The van der Waals surface area contributed by atoms with Gasteiger partial charge < -0.3 is 15.7 Å². The Labute approximate surface area is 145 Å². The molecule has 25 heavy (non-hydrogen) atoms. The summed E-state index contributed by atoms with van der Waals surface area (Å²) in [6.45, 7) is 2.79. The SMILES string of the molecule is CCn1ncc2ccc(NC(=O)N[C@H]3c4ccccc4C[C@H]3O)cc21. The summed E-state index contributed by atoms with van der Waals surface area (Å²) in [5, 5.41) is 21.3. The standard InChI is InChI=1S/C19H20N4O2/c1-2-23-16-10-14(8-7-13(16)11-20-23)21-19(25)22-18-15-6-4-3-5-12(15)9-17(18)24/h3-8,10-11,17-18,24H,2,9H2,1H3,(H2,21,22,25)/t17-,18+/m1/s1. The molecule has 6 nitrogen and oxygen atoms in total. The van der Waals surface area contributed by atoms with E-state index in [0.717, 1.165) is 28.6 Å². The molecule has 0 saturated heterocycles. The minimum absolute atomic E-state index is 0.331. The minimum atomic E-state index is -0.604. The predicted octanol–water partition coefficient (Wildman–Crippen LogP) is 2.84. The van der Waals surface area contributed by atoms with Crippen molar-refractivity contribution >= 4 is 22.6 Å². The number of aromatic nitrogens is 2. The highest BCUT2D eigenvalue weighted by Gasteiger charge is 2.31. The first-order valence-corrected chi connectivity index (χ1v) is 8.44. The van der Waals surface area contributed by atoms with Crippen LogP contribution in [0.2, 0.25) is 0 Å². The summed E-state index contributed by atoms with van der Waals surface area (Å²) in [5.74, 6) is 0. The monoisotopic (exact) mass is 336 g/mol. The van der Waals surface area contributed by atoms with Crippen molar-refractivity contribution in [3.63, 3.8) is 0 Å². The van der Waals surface area contributed by atoms with E-state index in [1.807, 2.05) is 60.3 Å². The number of hydrogen-bond acceptors (Lipinski definition) is 3. The van der Waals surface area contributed by atoms with E-state index in [9.17, 15) is 9.90 Å². The topological polar surface area (TPSA) is 79.2 Å². The van der Waals surface area contributed by atoms with Gasteiger partial charge in [-0.1, -0.05) is 24.3 Å². The maximum absolute atomic E-state index is 12.4. The number of rotatable bonds is 3. The van der Waals surface area contributed by atoms with E-state index in [1.54, 1.807) is 0 Å². The zero-order chi connectivity index (χ0) is 17.4. The van der Waals surface area contributed by atoms with Gasteiger partial charge in [-0.3, -0.25) is 4.68 Å². The van der Waals surface area contributed by atoms with Crippen molar-refractivity contribution in [2.45, 2.75) is 32.0 Å². The van der Waals surface area contributed by atoms with Gasteiger partial charge in [-0.25, -0.2) is 4.79 Å². The minimum Gasteiger partial charge on any atom is -0.390 e. The highest BCUT2D eigenvalue weighted by molar-refractivity contribution is 5.92. The van der Waals surface area contributed by atoms with E-state index in [-0.39, 0.29) is 12.1 Å². The lowest BCUT2D eigenvalue weighted by Crippen LogP contribution is -2.36. The molecule has 128 valence electrons. The molecule has 0 unspecified atom stereocenters. The molecular formula is C19H20N4O2. The molecule has 0 spiro atoms. The first kappa shape index (κ1) is 15.7. The molecule has 0 radical (unpaired) electrons. The van der Waals surface area contributed by atoms with Gasteiger partial charge in [-0.15, -0.1) is 0 Å². The van der Waals surface area contributed by atoms with Gasteiger partial charge >= 0.3 is 6.03 Å². The molecule has 2 aromatic carbocycles. The van der Waals surface area contributed by atoms with Gasteiger partial charge in [0.25, 0.3) is 0 Å². The lowest BCUT2D eigenvalue weighted by atomic mass is 10.1. The molecule has 2 amide bonds. The lowest BCUT2D eigenvalue weighted by Gasteiger charge is -2.18. The number of nitrogens with zero attached hydrogens (tertiary/aromatic N) is 2. The van der Waals surface area contributed by atoms with Crippen molar-refractivity contribution in [2.75, 3.05) is 5.32 Å². The van der Waals surface area contributed by atoms with Crippen LogP contribution in [-0.4, -0.2) is 27.0 Å². The van der Waals surface area contributed by atoms with Crippen LogP contribution in [0.4, 0.5) is 10.5 Å². The van der Waals surface area contributed by atoms with E-state index in [4.69, 9.17) is 0 Å². The fourth-order valence-electron chi connectivity index (χ4n) is 3.46. The van der Waals surface area contributed by atoms with Crippen LogP contribution in [0, 0.1) is 0 Å². The average molecular weight is 336 g/mol. The van der Waals surface area contributed by atoms with Gasteiger partial charge in [0.1, 0.15) is 0 Å². The second-order valence-corrected chi connectivity index (χ2v) is 6.28. The lowest BCUT2D eigenvalue weighted by molar-refractivity contribution is 0.144. The summed E-state index contributed by atoms with van der Waals surface area (Å²) in [6, 6.07) is 12.8. The third-order valence-electron chi connectivity index (χ3n) is 4.69. The van der Waals surface area contributed by atoms with Crippen LogP contribution in [0.3, 0.4) is 0 Å². The average Bonchev–Trinajstić information content (AvgIpc) is 3.15. The largest absolute Gasteiger partial charge is 0.390 e. The molecule has 1 aliphatic rings. The molecule has 0 fully saturated rings. The van der Waals surface area contributed by atoms with Crippen LogP contribution in [-0.2, 0) is 13.0 Å². The summed E-state index contributed by atoms with van der Waals surface area (Å²) in [5.41, 5.74) is 3.73. The Hall–Kier alpha value is -2.86. The molecule has 6 heteroatoms. The van der Waals surface area contributed by atoms with Gasteiger partial charge in [0.15, 0.2) is 0 Å². The van der Waals surface area contributed by atoms with Crippen molar-refractivity contribution in [1.82, 2.24) is 15.1 Å². The van der Waals surface area contributed by atoms with E-state index < -0.39 is 6.10 Å². The molecule has 0 bridgehead atoms. The van der Waals surface area contributed by atoms with Crippen molar-refractivity contribution in [2.24, 2.45) is 0 Å². The maximum Gasteiger partial charge on any atom is 0.319 e. The van der Waals surface area contributed by atoms with E-state index >= 15 is 0 Å². The molecule has 1 heterocycles. The molecule has 0 saturated carbocycles. The quantitative estimate of drug-likeness (QED) is 0.688. The number of carbonyl (C=O) groups is 1. The summed E-state index contributed by atoms with van der Waals surface area (Å²) in [7, 11) is 0. The zero-order valence-corrected chi connectivity index (χ0v) is 13.9. The van der Waals surface area contributed by atoms with Crippen LogP contribution >= 0.6 is 0 Å². The number of hydrogen-bond donors (Lipinski definition) is 3. The van der Waals surface area contributed by atoms with Crippen LogP contribution in [0.1, 0.15) is 24.1 Å². The Balaban J connectivity index is 1.51. The maximum atomic E-state index is 12.4. The normalized spacial score (nSPS) is 19.0. The number of urea groups is 1. The summed E-state index contributed by atoms with van der Waals surface area (Å²) < 4.78 is 1.88. The first-order valence-electron chi connectivity index (χ1n) is 8.44. The van der Waals surface area contributed by atoms with Crippen LogP contribution in [0.25, 0.3) is 10.9 Å². The Kier molecular flexibility index (Phi) is 3.89. The van der Waals surface area contributed by atoms with Gasteiger partial charge in [-0.05, 0) is 36.2 Å². The number of fused-ring (bicyclic) bond motifs is 2. The highest BCUT2D eigenvalue weighted by Crippen LogP contribution is 2.31. The number of carbonyl (C=O) groups excluding carboxylic acids is 1. The zero-order valence-electron chi connectivity index (χ0n) is 13.9. The van der Waals surface area contributed by atoms with Gasteiger partial charge in [0.2, 0.25) is 0 Å². The number of aryl methyl sites for hydroxylation is 1. The van der Waals surface area contributed by atoms with Crippen molar-refractivity contribution < 1.29 is 9.90 Å². The number of benzene rings is 2. The van der Waals surface area contributed by atoms with E-state index in [2.05, 4.69) is 15.7 Å².